The van der Waals surface area contributed by atoms with E-state index in [1.807, 2.05) is 11.8 Å². The van der Waals surface area contributed by atoms with Gasteiger partial charge in [0.15, 0.2) is 5.82 Å². The maximum atomic E-state index is 17.6. The SMILES string of the molecule is C#Cc1c(F)ccc2cc(OP(=O)(N[C@@H](C)C(=O)OC(C)C)Oc3ccccc3)cc(-c3ncc4c(N(C)C[C@@H]5CCCN5C(=O)C=C)nc(OC[C@]5(C)C[C@@H](F)CN5C)nc4c3F)c12. The Balaban J connectivity index is 1.37. The Bertz CT molecular complexity index is 2720. The van der Waals surface area contributed by atoms with Crippen LogP contribution >= 0.6 is 7.75 Å². The summed E-state index contributed by atoms with van der Waals surface area (Å²) in [7, 11) is -1.01. The number of anilines is 1. The number of pyridine rings is 1. The van der Waals surface area contributed by atoms with Gasteiger partial charge in [0.1, 0.15) is 53.2 Å². The predicted molar refractivity (Wildman–Crippen MR) is 242 cm³/mol. The van der Waals surface area contributed by atoms with Crippen molar-refractivity contribution in [2.45, 2.75) is 76.9 Å². The maximum Gasteiger partial charge on any atom is 0.513 e. The zero-order valence-corrected chi connectivity index (χ0v) is 37.9. The molecule has 2 aliphatic heterocycles. The van der Waals surface area contributed by atoms with Gasteiger partial charge in [-0.1, -0.05) is 36.8 Å². The van der Waals surface area contributed by atoms with E-state index in [2.05, 4.69) is 27.6 Å². The number of nitrogens with one attached hydrogen (secondary N) is 1. The fraction of sp³-hybridized carbons (Fsp3) is 0.383. The van der Waals surface area contributed by atoms with Gasteiger partial charge in [0.25, 0.3) is 0 Å². The Morgan fingerprint density at radius 1 is 1.12 bits per heavy atom. The fourth-order valence-electron chi connectivity index (χ4n) is 8.25. The first-order valence-corrected chi connectivity index (χ1v) is 22.7. The van der Waals surface area contributed by atoms with Gasteiger partial charge in [0, 0.05) is 56.3 Å². The molecule has 2 saturated heterocycles. The predicted octanol–water partition coefficient (Wildman–Crippen LogP) is 8.02. The van der Waals surface area contributed by atoms with Gasteiger partial charge in [0.05, 0.1) is 22.6 Å². The van der Waals surface area contributed by atoms with Crippen molar-refractivity contribution in [1.82, 2.24) is 29.8 Å². The van der Waals surface area contributed by atoms with E-state index in [4.69, 9.17) is 29.9 Å². The van der Waals surface area contributed by atoms with E-state index in [0.717, 1.165) is 12.5 Å². The Labute approximate surface area is 375 Å². The Morgan fingerprint density at radius 2 is 1.86 bits per heavy atom. The van der Waals surface area contributed by atoms with Gasteiger partial charge in [-0.2, -0.15) is 15.1 Å². The van der Waals surface area contributed by atoms with Crippen LogP contribution in [0.4, 0.5) is 19.0 Å². The van der Waals surface area contributed by atoms with Crippen molar-refractivity contribution in [2.75, 3.05) is 45.2 Å². The van der Waals surface area contributed by atoms with Crippen molar-refractivity contribution in [3.05, 3.63) is 90.6 Å². The summed E-state index contributed by atoms with van der Waals surface area (Å²) in [6.07, 6.45) is 8.65. The van der Waals surface area contributed by atoms with Crippen LogP contribution in [-0.2, 0) is 18.9 Å². The largest absolute Gasteiger partial charge is 0.513 e. The number of nitrogens with zero attached hydrogens (tertiary/aromatic N) is 6. The number of fused-ring (bicyclic) bond motifs is 2. The maximum absolute atomic E-state index is 17.6. The Hall–Kier alpha value is -6.21. The van der Waals surface area contributed by atoms with Crippen molar-refractivity contribution < 1.29 is 45.8 Å². The number of alkyl halides is 1. The highest BCUT2D eigenvalue weighted by Gasteiger charge is 2.41. The number of para-hydroxylation sites is 1. The molecule has 65 heavy (non-hydrogen) atoms. The molecule has 14 nitrogen and oxygen atoms in total. The Kier molecular flexibility index (Phi) is 13.7. The summed E-state index contributed by atoms with van der Waals surface area (Å²) in [5, 5.41) is 3.16. The number of aromatic nitrogens is 3. The van der Waals surface area contributed by atoms with Gasteiger partial charge in [0.2, 0.25) is 5.91 Å². The molecule has 3 aromatic carbocycles. The molecule has 0 radical (unpaired) electrons. The topological polar surface area (TPSA) is 149 Å². The van der Waals surface area contributed by atoms with Gasteiger partial charge in [-0.05, 0) is 89.4 Å². The van der Waals surface area contributed by atoms with Crippen molar-refractivity contribution in [2.24, 2.45) is 0 Å². The third-order valence-corrected chi connectivity index (χ3v) is 13.2. The second kappa shape index (κ2) is 19.1. The zero-order chi connectivity index (χ0) is 46.8. The number of hydrogen-bond donors (Lipinski definition) is 1. The molecule has 1 amide bonds. The monoisotopic (exact) mass is 913 g/mol. The summed E-state index contributed by atoms with van der Waals surface area (Å²) >= 11 is 0. The summed E-state index contributed by atoms with van der Waals surface area (Å²) < 4.78 is 85.9. The summed E-state index contributed by atoms with van der Waals surface area (Å²) in [5.74, 6) is -0.0897. The molecule has 7 rings (SSSR count). The first-order chi connectivity index (χ1) is 30.9. The molecule has 5 atom stereocenters. The van der Waals surface area contributed by atoms with E-state index in [1.54, 1.807) is 55.9 Å². The summed E-state index contributed by atoms with van der Waals surface area (Å²) in [4.78, 5) is 44.8. The summed E-state index contributed by atoms with van der Waals surface area (Å²) in [5.41, 5.74) is -1.55. The van der Waals surface area contributed by atoms with Crippen molar-refractivity contribution >= 4 is 47.1 Å². The average Bonchev–Trinajstić information content (AvgIpc) is 3.83. The third-order valence-electron chi connectivity index (χ3n) is 11.6. The number of esters is 1. The number of likely N-dealkylation sites (tertiary alicyclic amines) is 2. The van der Waals surface area contributed by atoms with E-state index in [-0.39, 0.29) is 93.3 Å². The van der Waals surface area contributed by atoms with Crippen LogP contribution < -0.4 is 23.8 Å². The molecule has 0 spiro atoms. The van der Waals surface area contributed by atoms with Gasteiger partial charge >= 0.3 is 19.7 Å². The lowest BCUT2D eigenvalue weighted by Gasteiger charge is -2.31. The molecule has 18 heteroatoms. The number of carbonyl (C=O) groups is 2. The molecule has 0 saturated carbocycles. The molecule has 4 heterocycles. The van der Waals surface area contributed by atoms with E-state index >= 15 is 8.78 Å². The van der Waals surface area contributed by atoms with Gasteiger partial charge < -0.3 is 28.3 Å². The smallest absolute Gasteiger partial charge is 0.462 e. The minimum Gasteiger partial charge on any atom is -0.462 e. The molecule has 5 aromatic rings. The molecule has 0 bridgehead atoms. The van der Waals surface area contributed by atoms with E-state index in [9.17, 15) is 18.5 Å². The van der Waals surface area contributed by atoms with Crippen LogP contribution in [-0.4, -0.2) is 107 Å². The minimum absolute atomic E-state index is 0.0236. The lowest BCUT2D eigenvalue weighted by atomic mass is 9.96. The highest BCUT2D eigenvalue weighted by Crippen LogP contribution is 2.48. The zero-order valence-electron chi connectivity index (χ0n) is 37.0. The lowest BCUT2D eigenvalue weighted by molar-refractivity contribution is -0.149. The fourth-order valence-corrected chi connectivity index (χ4v) is 9.76. The molecule has 2 fully saturated rings. The van der Waals surface area contributed by atoms with Crippen LogP contribution in [0.5, 0.6) is 17.5 Å². The number of likely N-dealkylation sites (N-methyl/N-ethyl adjacent to an activating group) is 2. The number of halogens is 3. The molecule has 1 unspecified atom stereocenters. The average molecular weight is 914 g/mol. The van der Waals surface area contributed by atoms with Gasteiger partial charge in [-0.3, -0.25) is 19.5 Å². The second-order valence-corrected chi connectivity index (χ2v) is 18.5. The highest BCUT2D eigenvalue weighted by molar-refractivity contribution is 7.52. The molecule has 2 aromatic heterocycles. The normalized spacial score (nSPS) is 20.0. The van der Waals surface area contributed by atoms with Crippen molar-refractivity contribution in [3.8, 4) is 41.1 Å². The molecule has 0 aliphatic carbocycles. The lowest BCUT2D eigenvalue weighted by Crippen LogP contribution is -2.43. The third kappa shape index (κ3) is 10.0. The number of amides is 1. The number of carbonyl (C=O) groups excluding carboxylic acids is 2. The quantitative estimate of drug-likeness (QED) is 0.0441. The number of hydrogen-bond acceptors (Lipinski definition) is 12. The first-order valence-electron chi connectivity index (χ1n) is 21.2. The molecule has 342 valence electrons. The van der Waals surface area contributed by atoms with Crippen LogP contribution in [0, 0.1) is 24.0 Å². The van der Waals surface area contributed by atoms with E-state index in [1.165, 1.54) is 49.5 Å². The van der Waals surface area contributed by atoms with Crippen molar-refractivity contribution in [1.29, 1.82) is 0 Å². The molecule has 1 N–H and O–H groups in total. The van der Waals surface area contributed by atoms with Gasteiger partial charge in [-0.25, -0.2) is 17.7 Å². The van der Waals surface area contributed by atoms with E-state index < -0.39 is 49.2 Å². The number of benzene rings is 3. The van der Waals surface area contributed by atoms with Crippen LogP contribution in [0.25, 0.3) is 32.9 Å². The highest BCUT2D eigenvalue weighted by atomic mass is 31.2. The number of ether oxygens (including phenoxy) is 2. The minimum atomic E-state index is -4.55. The number of terminal acetylenes is 1. The van der Waals surface area contributed by atoms with Crippen molar-refractivity contribution in [3.63, 3.8) is 0 Å². The van der Waals surface area contributed by atoms with Gasteiger partial charge in [-0.15, -0.1) is 6.42 Å². The van der Waals surface area contributed by atoms with E-state index in [0.29, 0.717) is 19.5 Å². The number of rotatable bonds is 16. The summed E-state index contributed by atoms with van der Waals surface area (Å²) in [6, 6.07) is 11.7. The van der Waals surface area contributed by atoms with Crippen LogP contribution in [0.1, 0.15) is 52.5 Å². The molecule has 2 aliphatic rings. The first kappa shape index (κ1) is 46.8. The van der Waals surface area contributed by atoms with Crippen LogP contribution in [0.15, 0.2) is 73.4 Å². The van der Waals surface area contributed by atoms with Crippen LogP contribution in [0.2, 0.25) is 0 Å². The summed E-state index contributed by atoms with van der Waals surface area (Å²) in [6.45, 7) is 11.3. The second-order valence-electron chi connectivity index (χ2n) is 16.9. The van der Waals surface area contributed by atoms with Crippen LogP contribution in [0.3, 0.4) is 0 Å². The molecular weight excluding hydrogens is 863 g/mol. The Morgan fingerprint density at radius 3 is 2.54 bits per heavy atom. The standard InChI is InChI=1S/C47H51F3N7O7P/c1-9-35-38(49)19-18-30-21-34(64-65(60,63-33-16-12-11-13-17-33)54-29(5)45(59)62-28(3)4)22-36(40(30)35)42-41(50)43-37(24-51-42)44(55(7)26-32-15-14-20-57(32)39(58)10-2)53-46(52-43)61-27-47(6)23-31(48)25-56(47)8/h1,10-13,16-19,21-22,24,28-29,31-32H,2,14-15,20,23,25-27H2,3-8H3,(H,54,60)/t29-,31+,32-,47-,65?/m0/s1. The molecular formula is C47H51F3N7O7P.